The van der Waals surface area contributed by atoms with Gasteiger partial charge in [-0.15, -0.1) is 5.10 Å². The molecule has 10 nitrogen and oxygen atoms in total. The number of aliphatic carboxylic acids is 2. The molecule has 1 unspecified atom stereocenters. The number of benzene rings is 2. The fourth-order valence-corrected chi connectivity index (χ4v) is 4.45. The van der Waals surface area contributed by atoms with Gasteiger partial charge in [0.1, 0.15) is 0 Å². The summed E-state index contributed by atoms with van der Waals surface area (Å²) in [6.45, 7) is 4.72. The van der Waals surface area contributed by atoms with Crippen LogP contribution in [0.25, 0.3) is 0 Å². The van der Waals surface area contributed by atoms with Crippen LogP contribution in [0.2, 0.25) is 0 Å². The number of carbonyl (C=O) groups excluding carboxylic acids is 1. The average molecular weight is 590 g/mol. The minimum Gasteiger partial charge on any atom is -0.481 e. The molecule has 2 heterocycles. The Morgan fingerprint density at radius 3 is 2.29 bits per heavy atom. The first-order chi connectivity index (χ1) is 19.8. The summed E-state index contributed by atoms with van der Waals surface area (Å²) < 4.78 is 33.5. The van der Waals surface area contributed by atoms with Gasteiger partial charge in [-0.1, -0.05) is 47.2 Å². The number of halogens is 3. The summed E-state index contributed by atoms with van der Waals surface area (Å²) in [5, 5.41) is 28.2. The number of aryl methyl sites for hydroxylation is 1. The van der Waals surface area contributed by atoms with Crippen LogP contribution in [0.15, 0.2) is 54.7 Å². The number of nitrogens with one attached hydrogen (secondary N) is 1. The van der Waals surface area contributed by atoms with E-state index in [9.17, 15) is 27.9 Å². The third kappa shape index (κ3) is 9.98. The fraction of sp³-hybridized carbons (Fsp3) is 0.414. The van der Waals surface area contributed by atoms with E-state index in [2.05, 4.69) is 27.6 Å². The molecule has 0 aliphatic carbocycles. The number of hydrogen-bond donors (Lipinski definition) is 3. The Balaban J connectivity index is 0.000000616. The highest BCUT2D eigenvalue weighted by Crippen LogP contribution is 2.25. The summed E-state index contributed by atoms with van der Waals surface area (Å²) in [4.78, 5) is 35.7. The number of likely N-dealkylation sites (tertiary alicyclic amines) is 1. The van der Waals surface area contributed by atoms with Gasteiger partial charge in [0.05, 0.1) is 18.2 Å². The predicted molar refractivity (Wildman–Crippen MR) is 147 cm³/mol. The second-order valence-electron chi connectivity index (χ2n) is 10.4. The summed E-state index contributed by atoms with van der Waals surface area (Å²) in [5.74, 6) is -4.22. The van der Waals surface area contributed by atoms with Crippen LogP contribution in [-0.4, -0.2) is 80.8 Å². The largest absolute Gasteiger partial charge is 0.490 e. The van der Waals surface area contributed by atoms with Crippen LogP contribution in [-0.2, 0) is 22.6 Å². The Hall–Kier alpha value is -4.26. The number of nitrogens with zero attached hydrogens (tertiary/aromatic N) is 4. The van der Waals surface area contributed by atoms with Gasteiger partial charge in [-0.25, -0.2) is 9.48 Å². The summed E-state index contributed by atoms with van der Waals surface area (Å²) in [7, 11) is 2.14. The highest BCUT2D eigenvalue weighted by molar-refractivity contribution is 5.94. The van der Waals surface area contributed by atoms with E-state index in [0.717, 1.165) is 48.3 Å². The van der Waals surface area contributed by atoms with Gasteiger partial charge in [0, 0.05) is 24.2 Å². The molecular weight excluding hydrogens is 555 g/mol. The number of carbonyl (C=O) groups is 3. The number of hydrogen-bond acceptors (Lipinski definition) is 6. The lowest BCUT2D eigenvalue weighted by Crippen LogP contribution is -2.34. The molecule has 1 fully saturated rings. The molecule has 0 saturated carbocycles. The van der Waals surface area contributed by atoms with E-state index < -0.39 is 24.0 Å². The van der Waals surface area contributed by atoms with Crippen molar-refractivity contribution in [2.45, 2.75) is 44.8 Å². The molecule has 1 aliphatic rings. The first-order valence-corrected chi connectivity index (χ1v) is 13.4. The van der Waals surface area contributed by atoms with Crippen molar-refractivity contribution in [1.29, 1.82) is 0 Å². The minimum absolute atomic E-state index is 0.0648. The average Bonchev–Trinajstić information content (AvgIpc) is 3.40. The molecule has 1 saturated heterocycles. The van der Waals surface area contributed by atoms with Crippen molar-refractivity contribution in [3.8, 4) is 0 Å². The predicted octanol–water partition coefficient (Wildman–Crippen LogP) is 3.75. The third-order valence-electron chi connectivity index (χ3n) is 6.93. The van der Waals surface area contributed by atoms with Gasteiger partial charge in [0.15, 0.2) is 0 Å². The number of rotatable bonds is 9. The van der Waals surface area contributed by atoms with Gasteiger partial charge in [-0.2, -0.15) is 13.2 Å². The number of carboxylic acid groups (broad SMARTS) is 2. The zero-order chi connectivity index (χ0) is 30.9. The molecule has 1 aromatic heterocycles. The Bertz CT molecular complexity index is 1350. The lowest BCUT2D eigenvalue weighted by molar-refractivity contribution is -0.192. The normalized spacial score (nSPS) is 14.9. The van der Waals surface area contributed by atoms with Gasteiger partial charge in [-0.3, -0.25) is 9.59 Å². The molecule has 226 valence electrons. The second-order valence-corrected chi connectivity index (χ2v) is 10.4. The van der Waals surface area contributed by atoms with E-state index >= 15 is 0 Å². The highest BCUT2D eigenvalue weighted by atomic mass is 19.4. The number of piperidine rings is 1. The van der Waals surface area contributed by atoms with Crippen LogP contribution < -0.4 is 5.32 Å². The molecule has 2 aromatic carbocycles. The van der Waals surface area contributed by atoms with Crippen LogP contribution >= 0.6 is 0 Å². The SMILES string of the molecule is Cc1ccc(CC(CNC(=O)c2cccc(Cn3cc(C4CCN(C)CC4)nn3)c2)C(=O)O)cc1.O=C(O)C(F)(F)F. The molecule has 13 heteroatoms. The molecule has 4 rings (SSSR count). The molecule has 0 spiro atoms. The van der Waals surface area contributed by atoms with Gasteiger partial charge in [-0.05, 0) is 69.6 Å². The van der Waals surface area contributed by atoms with Crippen LogP contribution in [0.1, 0.15) is 51.5 Å². The monoisotopic (exact) mass is 589 g/mol. The van der Waals surface area contributed by atoms with E-state index in [-0.39, 0.29) is 12.5 Å². The Morgan fingerprint density at radius 2 is 1.69 bits per heavy atom. The Kier molecular flexibility index (Phi) is 11.2. The molecule has 42 heavy (non-hydrogen) atoms. The zero-order valence-electron chi connectivity index (χ0n) is 23.3. The lowest BCUT2D eigenvalue weighted by Gasteiger charge is -2.27. The van der Waals surface area contributed by atoms with E-state index in [0.29, 0.717) is 24.4 Å². The first kappa shape index (κ1) is 32.3. The van der Waals surface area contributed by atoms with Crippen LogP contribution in [0.4, 0.5) is 13.2 Å². The second kappa shape index (κ2) is 14.6. The van der Waals surface area contributed by atoms with E-state index in [1.165, 1.54) is 0 Å². The van der Waals surface area contributed by atoms with E-state index in [1.807, 2.05) is 60.3 Å². The Morgan fingerprint density at radius 1 is 1.05 bits per heavy atom. The van der Waals surface area contributed by atoms with E-state index in [1.54, 1.807) is 6.07 Å². The fourth-order valence-electron chi connectivity index (χ4n) is 4.45. The maximum Gasteiger partial charge on any atom is 0.490 e. The lowest BCUT2D eigenvalue weighted by atomic mass is 9.94. The van der Waals surface area contributed by atoms with Crippen molar-refractivity contribution < 1.29 is 37.8 Å². The maximum atomic E-state index is 12.8. The first-order valence-electron chi connectivity index (χ1n) is 13.4. The van der Waals surface area contributed by atoms with Gasteiger partial charge in [0.2, 0.25) is 0 Å². The van der Waals surface area contributed by atoms with E-state index in [4.69, 9.17) is 9.90 Å². The molecule has 1 atom stereocenters. The van der Waals surface area contributed by atoms with Crippen molar-refractivity contribution in [3.05, 3.63) is 82.7 Å². The molecule has 0 bridgehead atoms. The molecule has 1 amide bonds. The topological polar surface area (TPSA) is 138 Å². The molecule has 0 radical (unpaired) electrons. The smallest absolute Gasteiger partial charge is 0.481 e. The molecule has 3 N–H and O–H groups in total. The molecule has 1 aliphatic heterocycles. The van der Waals surface area contributed by atoms with Gasteiger partial charge < -0.3 is 20.4 Å². The maximum absolute atomic E-state index is 12.8. The van der Waals surface area contributed by atoms with Crippen molar-refractivity contribution in [3.63, 3.8) is 0 Å². The standard InChI is InChI=1S/C27H33N5O3.C2HF3O2/c1-19-6-8-20(9-7-19)14-24(27(34)35)16-28-26(33)23-5-3-4-21(15-23)17-32-18-25(29-30-32)22-10-12-31(2)13-11-22;3-2(4,5)1(6)7/h3-9,15,18,22,24H,10-14,16-17H2,1-2H3,(H,28,33)(H,34,35);(H,6,7). The quantitative estimate of drug-likeness (QED) is 0.343. The molecule has 3 aromatic rings. The molecular formula is C29H34F3N5O5. The van der Waals surface area contributed by atoms with Crippen molar-refractivity contribution in [2.75, 3.05) is 26.7 Å². The summed E-state index contributed by atoms with van der Waals surface area (Å²) >= 11 is 0. The van der Waals surface area contributed by atoms with Crippen LogP contribution in [0, 0.1) is 12.8 Å². The summed E-state index contributed by atoms with van der Waals surface area (Å²) in [6.07, 6.45) is -0.536. The third-order valence-corrected chi connectivity index (χ3v) is 6.93. The van der Waals surface area contributed by atoms with Gasteiger partial charge >= 0.3 is 18.1 Å². The van der Waals surface area contributed by atoms with Crippen LogP contribution in [0.3, 0.4) is 0 Å². The minimum atomic E-state index is -5.08. The van der Waals surface area contributed by atoms with Crippen molar-refractivity contribution in [2.24, 2.45) is 5.92 Å². The Labute approximate surface area is 241 Å². The van der Waals surface area contributed by atoms with Crippen molar-refractivity contribution in [1.82, 2.24) is 25.2 Å². The number of carboxylic acids is 2. The zero-order valence-corrected chi connectivity index (χ0v) is 23.3. The summed E-state index contributed by atoms with van der Waals surface area (Å²) in [5.41, 5.74) is 4.52. The number of aromatic nitrogens is 3. The number of amides is 1. The van der Waals surface area contributed by atoms with Gasteiger partial charge in [0.25, 0.3) is 5.91 Å². The highest BCUT2D eigenvalue weighted by Gasteiger charge is 2.38. The van der Waals surface area contributed by atoms with Crippen LogP contribution in [0.5, 0.6) is 0 Å². The van der Waals surface area contributed by atoms with Crippen molar-refractivity contribution >= 4 is 17.8 Å². The number of alkyl halides is 3. The summed E-state index contributed by atoms with van der Waals surface area (Å²) in [6, 6.07) is 15.1.